The number of hydrogen-bond donors (Lipinski definition) is 0. The number of methoxy groups -OCH3 is 1. The first-order chi connectivity index (χ1) is 11.1. The monoisotopic (exact) mass is 311 g/mol. The normalized spacial score (nSPS) is 14.6. The van der Waals surface area contributed by atoms with Crippen molar-refractivity contribution in [2.24, 2.45) is 0 Å². The zero-order chi connectivity index (χ0) is 16.4. The maximum atomic E-state index is 12.4. The Balaban J connectivity index is 1.74. The van der Waals surface area contributed by atoms with E-state index in [1.807, 2.05) is 12.1 Å². The number of benzene rings is 2. The molecule has 23 heavy (non-hydrogen) atoms. The van der Waals surface area contributed by atoms with Crippen LogP contribution in [0, 0.1) is 0 Å². The van der Waals surface area contributed by atoms with Crippen molar-refractivity contribution < 1.29 is 19.1 Å². The van der Waals surface area contributed by atoms with Crippen LogP contribution in [0.15, 0.2) is 48.5 Å². The first kappa shape index (κ1) is 15.1. The van der Waals surface area contributed by atoms with Gasteiger partial charge in [-0.25, -0.2) is 0 Å². The van der Waals surface area contributed by atoms with Crippen LogP contribution in [0.25, 0.3) is 0 Å². The largest absolute Gasteiger partial charge is 0.493 e. The Labute approximate surface area is 134 Å². The Morgan fingerprint density at radius 1 is 0.913 bits per heavy atom. The van der Waals surface area contributed by atoms with Gasteiger partial charge in [-0.3, -0.25) is 14.5 Å². The SMILES string of the molecule is COc1ccccc1OCC(C)N1C(=O)c2ccccc2C1=O. The molecule has 2 aromatic carbocycles. The number of para-hydroxylation sites is 2. The lowest BCUT2D eigenvalue weighted by Gasteiger charge is -2.23. The molecule has 0 spiro atoms. The average molecular weight is 311 g/mol. The van der Waals surface area contributed by atoms with Crippen LogP contribution in [0.5, 0.6) is 11.5 Å². The molecule has 0 aliphatic carbocycles. The van der Waals surface area contributed by atoms with Crippen molar-refractivity contribution in [2.45, 2.75) is 13.0 Å². The molecule has 5 nitrogen and oxygen atoms in total. The van der Waals surface area contributed by atoms with Crippen molar-refractivity contribution in [3.63, 3.8) is 0 Å². The van der Waals surface area contributed by atoms with Gasteiger partial charge in [-0.1, -0.05) is 24.3 Å². The van der Waals surface area contributed by atoms with Crippen molar-refractivity contribution in [2.75, 3.05) is 13.7 Å². The molecule has 1 heterocycles. The van der Waals surface area contributed by atoms with Crippen LogP contribution in [0.1, 0.15) is 27.6 Å². The van der Waals surface area contributed by atoms with Gasteiger partial charge >= 0.3 is 0 Å². The highest BCUT2D eigenvalue weighted by molar-refractivity contribution is 6.21. The van der Waals surface area contributed by atoms with E-state index in [0.29, 0.717) is 22.6 Å². The second-order valence-electron chi connectivity index (χ2n) is 5.34. The van der Waals surface area contributed by atoms with Crippen molar-refractivity contribution in [1.82, 2.24) is 4.90 Å². The number of carbonyl (C=O) groups is 2. The summed E-state index contributed by atoms with van der Waals surface area (Å²) in [5, 5.41) is 0. The van der Waals surface area contributed by atoms with Crippen LogP contribution in [-0.2, 0) is 0 Å². The Morgan fingerprint density at radius 3 is 2.00 bits per heavy atom. The zero-order valence-electron chi connectivity index (χ0n) is 13.0. The second-order valence-corrected chi connectivity index (χ2v) is 5.34. The van der Waals surface area contributed by atoms with E-state index in [1.54, 1.807) is 50.4 Å². The fourth-order valence-corrected chi connectivity index (χ4v) is 2.63. The number of hydrogen-bond acceptors (Lipinski definition) is 4. The van der Waals surface area contributed by atoms with Gasteiger partial charge in [0, 0.05) is 0 Å². The Morgan fingerprint density at radius 2 is 1.43 bits per heavy atom. The molecule has 1 aliphatic heterocycles. The zero-order valence-corrected chi connectivity index (χ0v) is 13.0. The summed E-state index contributed by atoms with van der Waals surface area (Å²) in [5.74, 6) is 0.643. The van der Waals surface area contributed by atoms with Crippen molar-refractivity contribution in [3.8, 4) is 11.5 Å². The van der Waals surface area contributed by atoms with Crippen LogP contribution >= 0.6 is 0 Å². The summed E-state index contributed by atoms with van der Waals surface area (Å²) in [6, 6.07) is 13.7. The number of ether oxygens (including phenoxy) is 2. The molecular weight excluding hydrogens is 294 g/mol. The molecule has 1 unspecified atom stereocenters. The predicted molar refractivity (Wildman–Crippen MR) is 84.9 cm³/mol. The Bertz CT molecular complexity index is 721. The molecule has 0 radical (unpaired) electrons. The third kappa shape index (κ3) is 2.65. The quantitative estimate of drug-likeness (QED) is 0.797. The van der Waals surface area contributed by atoms with Crippen molar-refractivity contribution >= 4 is 11.8 Å². The second kappa shape index (κ2) is 6.12. The Kier molecular flexibility index (Phi) is 4.02. The molecule has 0 aromatic heterocycles. The van der Waals surface area contributed by atoms with Gasteiger partial charge in [0.25, 0.3) is 11.8 Å². The summed E-state index contributed by atoms with van der Waals surface area (Å²) in [5.41, 5.74) is 0.892. The highest BCUT2D eigenvalue weighted by atomic mass is 16.5. The molecule has 3 rings (SSSR count). The minimum atomic E-state index is -0.382. The third-order valence-corrected chi connectivity index (χ3v) is 3.82. The molecule has 0 bridgehead atoms. The predicted octanol–water partition coefficient (Wildman–Crippen LogP) is 2.76. The standard InChI is InChI=1S/C18H17NO4/c1-12(11-23-16-10-6-5-9-15(16)22-2)19-17(20)13-7-3-4-8-14(13)18(19)21/h3-10,12H,11H2,1-2H3. The summed E-state index contributed by atoms with van der Waals surface area (Å²) in [7, 11) is 1.57. The summed E-state index contributed by atoms with van der Waals surface area (Å²) in [6.45, 7) is 1.99. The summed E-state index contributed by atoms with van der Waals surface area (Å²) in [6.07, 6.45) is 0. The first-order valence-corrected chi connectivity index (χ1v) is 7.36. The molecule has 0 saturated carbocycles. The lowest BCUT2D eigenvalue weighted by molar-refractivity contribution is 0.0550. The van der Waals surface area contributed by atoms with Gasteiger partial charge in [0.1, 0.15) is 6.61 Å². The summed E-state index contributed by atoms with van der Waals surface area (Å²) < 4.78 is 11.0. The fraction of sp³-hybridized carbons (Fsp3) is 0.222. The number of imide groups is 1. The molecule has 0 N–H and O–H groups in total. The molecule has 1 aliphatic rings. The van der Waals surface area contributed by atoms with Gasteiger partial charge < -0.3 is 9.47 Å². The maximum Gasteiger partial charge on any atom is 0.261 e. The minimum Gasteiger partial charge on any atom is -0.493 e. The molecule has 0 saturated heterocycles. The molecule has 0 fully saturated rings. The molecule has 2 aromatic rings. The minimum absolute atomic E-state index is 0.200. The highest BCUT2D eigenvalue weighted by Crippen LogP contribution is 2.28. The number of nitrogens with zero attached hydrogens (tertiary/aromatic N) is 1. The lowest BCUT2D eigenvalue weighted by Crippen LogP contribution is -2.41. The summed E-state index contributed by atoms with van der Waals surface area (Å²) >= 11 is 0. The third-order valence-electron chi connectivity index (χ3n) is 3.82. The molecular formula is C18H17NO4. The van der Waals surface area contributed by atoms with E-state index in [9.17, 15) is 9.59 Å². The number of amides is 2. The molecule has 1 atom stereocenters. The van der Waals surface area contributed by atoms with Crippen LogP contribution in [0.3, 0.4) is 0 Å². The van der Waals surface area contributed by atoms with Gasteiger partial charge in [-0.2, -0.15) is 0 Å². The van der Waals surface area contributed by atoms with Crippen molar-refractivity contribution in [3.05, 3.63) is 59.7 Å². The lowest BCUT2D eigenvalue weighted by atomic mass is 10.1. The van der Waals surface area contributed by atoms with E-state index in [-0.39, 0.29) is 24.5 Å². The fourth-order valence-electron chi connectivity index (χ4n) is 2.63. The van der Waals surface area contributed by atoms with Crippen LogP contribution in [0.4, 0.5) is 0 Å². The maximum absolute atomic E-state index is 12.4. The number of fused-ring (bicyclic) bond motifs is 1. The summed E-state index contributed by atoms with van der Waals surface area (Å²) in [4.78, 5) is 26.1. The average Bonchev–Trinajstić information content (AvgIpc) is 2.84. The molecule has 2 amide bonds. The highest BCUT2D eigenvalue weighted by Gasteiger charge is 2.38. The van der Waals surface area contributed by atoms with Crippen LogP contribution in [0.2, 0.25) is 0 Å². The molecule has 118 valence electrons. The van der Waals surface area contributed by atoms with E-state index in [4.69, 9.17) is 9.47 Å². The van der Waals surface area contributed by atoms with Crippen LogP contribution < -0.4 is 9.47 Å². The first-order valence-electron chi connectivity index (χ1n) is 7.36. The van der Waals surface area contributed by atoms with Crippen LogP contribution in [-0.4, -0.2) is 36.5 Å². The van der Waals surface area contributed by atoms with E-state index in [1.165, 1.54) is 4.90 Å². The van der Waals surface area contributed by atoms with Crippen molar-refractivity contribution in [1.29, 1.82) is 0 Å². The van der Waals surface area contributed by atoms with E-state index < -0.39 is 0 Å². The Hall–Kier alpha value is -2.82. The number of carbonyl (C=O) groups excluding carboxylic acids is 2. The van der Waals surface area contributed by atoms with E-state index in [2.05, 4.69) is 0 Å². The van der Waals surface area contributed by atoms with Gasteiger partial charge in [-0.15, -0.1) is 0 Å². The van der Waals surface area contributed by atoms with Gasteiger partial charge in [0.2, 0.25) is 0 Å². The van der Waals surface area contributed by atoms with Gasteiger partial charge in [0.05, 0.1) is 24.3 Å². The van der Waals surface area contributed by atoms with Gasteiger partial charge in [-0.05, 0) is 31.2 Å². The molecule has 5 heteroatoms. The van der Waals surface area contributed by atoms with E-state index >= 15 is 0 Å². The van der Waals surface area contributed by atoms with Gasteiger partial charge in [0.15, 0.2) is 11.5 Å². The smallest absolute Gasteiger partial charge is 0.261 e. The topological polar surface area (TPSA) is 55.8 Å². The number of rotatable bonds is 5. The van der Waals surface area contributed by atoms with E-state index in [0.717, 1.165) is 0 Å².